The Morgan fingerprint density at radius 2 is 1.63 bits per heavy atom. The first-order chi connectivity index (χ1) is 12.8. The second kappa shape index (κ2) is 9.16. The van der Waals surface area contributed by atoms with Crippen molar-refractivity contribution in [3.63, 3.8) is 0 Å². The number of carbonyl (C=O) groups is 1. The van der Waals surface area contributed by atoms with E-state index in [9.17, 15) is 18.0 Å². The molecule has 146 valence electrons. The molecule has 1 amide bonds. The molecule has 0 bridgehead atoms. The molecule has 0 aliphatic rings. The van der Waals surface area contributed by atoms with Crippen LogP contribution in [-0.4, -0.2) is 38.7 Å². The van der Waals surface area contributed by atoms with Gasteiger partial charge in [0.2, 0.25) is 5.91 Å². The average Bonchev–Trinajstić information content (AvgIpc) is 2.61. The molecule has 2 aromatic rings. The van der Waals surface area contributed by atoms with Crippen molar-refractivity contribution < 1.29 is 32.2 Å². The summed E-state index contributed by atoms with van der Waals surface area (Å²) in [4.78, 5) is 13.8. The van der Waals surface area contributed by atoms with Crippen molar-refractivity contribution in [2.24, 2.45) is 0 Å². The lowest BCUT2D eigenvalue weighted by Gasteiger charge is -2.19. The van der Waals surface area contributed by atoms with Crippen LogP contribution in [0.2, 0.25) is 0 Å². The highest BCUT2D eigenvalue weighted by atomic mass is 19.3. The van der Waals surface area contributed by atoms with Crippen LogP contribution in [0.3, 0.4) is 0 Å². The molecular weight excluding hydrogens is 363 g/mol. The molecule has 8 heteroatoms. The van der Waals surface area contributed by atoms with Crippen molar-refractivity contribution >= 4 is 5.91 Å². The zero-order valence-corrected chi connectivity index (χ0v) is 15.2. The van der Waals surface area contributed by atoms with Gasteiger partial charge in [0.1, 0.15) is 0 Å². The van der Waals surface area contributed by atoms with Crippen molar-refractivity contribution in [1.29, 1.82) is 0 Å². The van der Waals surface area contributed by atoms with E-state index in [4.69, 9.17) is 9.47 Å². The van der Waals surface area contributed by atoms with Gasteiger partial charge in [-0.05, 0) is 35.4 Å². The standard InChI is InChI=1S/C19H20F3NO4/c1-23(18(24)10-12-4-6-15(25-2)14(20)8-12)11-13-5-7-16(26-3)17(9-13)27-19(21)22/h4-9,19H,10-11H2,1-3H3. The molecule has 0 radical (unpaired) electrons. The van der Waals surface area contributed by atoms with E-state index in [0.29, 0.717) is 11.1 Å². The molecule has 0 unspecified atom stereocenters. The van der Waals surface area contributed by atoms with Gasteiger partial charge in [-0.15, -0.1) is 0 Å². The predicted octanol–water partition coefficient (Wildman–Crippen LogP) is 3.65. The summed E-state index contributed by atoms with van der Waals surface area (Å²) in [5.74, 6) is -0.643. The molecule has 0 atom stereocenters. The van der Waals surface area contributed by atoms with Gasteiger partial charge in [0, 0.05) is 13.6 Å². The van der Waals surface area contributed by atoms with Crippen LogP contribution in [0.25, 0.3) is 0 Å². The van der Waals surface area contributed by atoms with E-state index in [1.807, 2.05) is 0 Å². The molecule has 5 nitrogen and oxygen atoms in total. The number of methoxy groups -OCH3 is 2. The van der Waals surface area contributed by atoms with Crippen LogP contribution >= 0.6 is 0 Å². The highest BCUT2D eigenvalue weighted by Gasteiger charge is 2.15. The normalized spacial score (nSPS) is 10.6. The Hall–Kier alpha value is -2.90. The minimum absolute atomic E-state index is 0.00599. The maximum Gasteiger partial charge on any atom is 0.387 e. The lowest BCUT2D eigenvalue weighted by Crippen LogP contribution is -2.27. The highest BCUT2D eigenvalue weighted by molar-refractivity contribution is 5.78. The number of hydrogen-bond donors (Lipinski definition) is 0. The summed E-state index contributed by atoms with van der Waals surface area (Å²) in [7, 11) is 4.27. The third-order valence-corrected chi connectivity index (χ3v) is 3.86. The number of alkyl halides is 2. The molecule has 2 aromatic carbocycles. The van der Waals surface area contributed by atoms with Crippen LogP contribution in [0, 0.1) is 5.82 Å². The first-order valence-corrected chi connectivity index (χ1v) is 8.02. The van der Waals surface area contributed by atoms with Crippen molar-refractivity contribution in [3.05, 3.63) is 53.3 Å². The first kappa shape index (κ1) is 20.4. The van der Waals surface area contributed by atoms with E-state index in [-0.39, 0.29) is 36.1 Å². The Bertz CT molecular complexity index is 799. The van der Waals surface area contributed by atoms with Crippen LogP contribution in [0.15, 0.2) is 36.4 Å². The summed E-state index contributed by atoms with van der Waals surface area (Å²) in [6, 6.07) is 8.83. The summed E-state index contributed by atoms with van der Waals surface area (Å²) < 4.78 is 53.0. The van der Waals surface area contributed by atoms with Crippen molar-refractivity contribution in [1.82, 2.24) is 4.90 Å². The summed E-state index contributed by atoms with van der Waals surface area (Å²) in [5, 5.41) is 0. The largest absolute Gasteiger partial charge is 0.494 e. The molecular formula is C19H20F3NO4. The lowest BCUT2D eigenvalue weighted by atomic mass is 10.1. The molecule has 0 aliphatic carbocycles. The fourth-order valence-electron chi connectivity index (χ4n) is 2.50. The van der Waals surface area contributed by atoms with Crippen LogP contribution in [-0.2, 0) is 17.8 Å². The summed E-state index contributed by atoms with van der Waals surface area (Å²) in [6.07, 6.45) is -0.00599. The second-order valence-corrected chi connectivity index (χ2v) is 5.76. The molecule has 0 saturated heterocycles. The molecule has 2 rings (SSSR count). The molecule has 0 aliphatic heterocycles. The monoisotopic (exact) mass is 383 g/mol. The number of nitrogens with zero attached hydrogens (tertiary/aromatic N) is 1. The van der Waals surface area contributed by atoms with Gasteiger partial charge in [-0.2, -0.15) is 8.78 Å². The molecule has 0 fully saturated rings. The predicted molar refractivity (Wildman–Crippen MR) is 92.8 cm³/mol. The van der Waals surface area contributed by atoms with Gasteiger partial charge in [-0.1, -0.05) is 12.1 Å². The number of rotatable bonds is 8. The van der Waals surface area contributed by atoms with E-state index in [0.717, 1.165) is 0 Å². The van der Waals surface area contributed by atoms with Crippen molar-refractivity contribution in [3.8, 4) is 17.2 Å². The molecule has 0 aromatic heterocycles. The van der Waals surface area contributed by atoms with E-state index >= 15 is 0 Å². The van der Waals surface area contributed by atoms with Crippen LogP contribution in [0.1, 0.15) is 11.1 Å². The zero-order chi connectivity index (χ0) is 20.0. The minimum Gasteiger partial charge on any atom is -0.494 e. The van der Waals surface area contributed by atoms with E-state index in [2.05, 4.69) is 4.74 Å². The average molecular weight is 383 g/mol. The number of carbonyl (C=O) groups excluding carboxylic acids is 1. The quantitative estimate of drug-likeness (QED) is 0.698. The smallest absolute Gasteiger partial charge is 0.387 e. The van der Waals surface area contributed by atoms with Crippen molar-refractivity contribution in [2.45, 2.75) is 19.6 Å². The Balaban J connectivity index is 2.06. The van der Waals surface area contributed by atoms with Crippen LogP contribution in [0.5, 0.6) is 17.2 Å². The van der Waals surface area contributed by atoms with Crippen LogP contribution < -0.4 is 14.2 Å². The number of likely N-dealkylation sites (N-methyl/N-ethyl adjacent to an activating group) is 1. The third-order valence-electron chi connectivity index (χ3n) is 3.86. The number of halogens is 3. The van der Waals surface area contributed by atoms with Crippen molar-refractivity contribution in [2.75, 3.05) is 21.3 Å². The summed E-state index contributed by atoms with van der Waals surface area (Å²) >= 11 is 0. The Morgan fingerprint density at radius 1 is 1.00 bits per heavy atom. The number of hydrogen-bond acceptors (Lipinski definition) is 4. The molecule has 27 heavy (non-hydrogen) atoms. The maximum absolute atomic E-state index is 13.7. The zero-order valence-electron chi connectivity index (χ0n) is 15.2. The van der Waals surface area contributed by atoms with Gasteiger partial charge in [0.05, 0.1) is 20.6 Å². The molecule has 0 N–H and O–H groups in total. The Morgan fingerprint density at radius 3 is 2.22 bits per heavy atom. The SMILES string of the molecule is COc1ccc(CC(=O)N(C)Cc2ccc(OC)c(OC(F)F)c2)cc1F. The number of amides is 1. The fourth-order valence-corrected chi connectivity index (χ4v) is 2.50. The highest BCUT2D eigenvalue weighted by Crippen LogP contribution is 2.30. The van der Waals surface area contributed by atoms with Crippen LogP contribution in [0.4, 0.5) is 13.2 Å². The summed E-state index contributed by atoms with van der Waals surface area (Å²) in [5.41, 5.74) is 1.09. The second-order valence-electron chi connectivity index (χ2n) is 5.76. The van der Waals surface area contributed by atoms with Gasteiger partial charge in [0.15, 0.2) is 23.1 Å². The van der Waals surface area contributed by atoms with Gasteiger partial charge < -0.3 is 19.1 Å². The Labute approximate surface area is 155 Å². The van der Waals surface area contributed by atoms with E-state index < -0.39 is 12.4 Å². The van der Waals surface area contributed by atoms with Gasteiger partial charge >= 0.3 is 6.61 Å². The Kier molecular flexibility index (Phi) is 6.92. The summed E-state index contributed by atoms with van der Waals surface area (Å²) in [6.45, 7) is -2.82. The minimum atomic E-state index is -2.99. The number of ether oxygens (including phenoxy) is 3. The molecule has 0 saturated carbocycles. The van der Waals surface area contributed by atoms with E-state index in [1.54, 1.807) is 19.2 Å². The third kappa shape index (κ3) is 5.54. The van der Waals surface area contributed by atoms with Gasteiger partial charge in [-0.3, -0.25) is 4.79 Å². The molecule has 0 heterocycles. The maximum atomic E-state index is 13.7. The van der Waals surface area contributed by atoms with E-state index in [1.165, 1.54) is 43.4 Å². The first-order valence-electron chi connectivity index (χ1n) is 8.02. The van der Waals surface area contributed by atoms with Gasteiger partial charge in [0.25, 0.3) is 0 Å². The number of benzene rings is 2. The topological polar surface area (TPSA) is 48.0 Å². The molecule has 0 spiro atoms. The lowest BCUT2D eigenvalue weighted by molar-refractivity contribution is -0.129. The fraction of sp³-hybridized carbons (Fsp3) is 0.316. The van der Waals surface area contributed by atoms with Gasteiger partial charge in [-0.25, -0.2) is 4.39 Å².